The van der Waals surface area contributed by atoms with Gasteiger partial charge in [-0.1, -0.05) is 12.1 Å². The lowest BCUT2D eigenvalue weighted by Gasteiger charge is -2.07. The molecule has 0 fully saturated rings. The van der Waals surface area contributed by atoms with Crippen molar-refractivity contribution in [1.29, 1.82) is 0 Å². The molecule has 0 aliphatic rings. The van der Waals surface area contributed by atoms with Crippen LogP contribution in [0.25, 0.3) is 0 Å². The molecule has 0 radical (unpaired) electrons. The lowest BCUT2D eigenvalue weighted by molar-refractivity contribution is -0.0498. The minimum Gasteiger partial charge on any atom is -0.433 e. The molecule has 1 aromatic carbocycles. The van der Waals surface area contributed by atoms with E-state index in [4.69, 9.17) is 0 Å². The smallest absolute Gasteiger partial charge is 0.387 e. The van der Waals surface area contributed by atoms with Crippen molar-refractivity contribution in [3.8, 4) is 5.75 Å². The van der Waals surface area contributed by atoms with Crippen LogP contribution >= 0.6 is 23.1 Å². The normalized spacial score (nSPS) is 10.7. The maximum Gasteiger partial charge on any atom is 0.387 e. The molecule has 7 heteroatoms. The number of carbonyl (C=O) groups is 1. The third-order valence-electron chi connectivity index (χ3n) is 2.57. The summed E-state index contributed by atoms with van der Waals surface area (Å²) in [7, 11) is 0. The largest absolute Gasteiger partial charge is 0.433 e. The molecule has 0 saturated heterocycles. The van der Waals surface area contributed by atoms with Gasteiger partial charge in [-0.2, -0.15) is 20.5 Å². The average Bonchev–Trinajstić information content (AvgIpc) is 2.88. The fourth-order valence-corrected chi connectivity index (χ4v) is 2.93. The molecule has 2 aromatic rings. The van der Waals surface area contributed by atoms with Gasteiger partial charge < -0.3 is 10.1 Å². The van der Waals surface area contributed by atoms with Gasteiger partial charge in [-0.3, -0.25) is 4.79 Å². The van der Waals surface area contributed by atoms with Gasteiger partial charge in [0.05, 0.1) is 0 Å². The quantitative estimate of drug-likeness (QED) is 0.850. The van der Waals surface area contributed by atoms with Crippen LogP contribution in [0.1, 0.15) is 15.2 Å². The number of hydrogen-bond acceptors (Lipinski definition) is 4. The number of amides is 1. The van der Waals surface area contributed by atoms with Gasteiger partial charge in [0.15, 0.2) is 0 Å². The molecule has 21 heavy (non-hydrogen) atoms. The van der Waals surface area contributed by atoms with Gasteiger partial charge in [-0.25, -0.2) is 0 Å². The topological polar surface area (TPSA) is 38.3 Å². The summed E-state index contributed by atoms with van der Waals surface area (Å²) in [5, 5.41) is 4.20. The number of halogens is 2. The first-order valence-electron chi connectivity index (χ1n) is 6.01. The molecule has 0 spiro atoms. The summed E-state index contributed by atoms with van der Waals surface area (Å²) in [6.07, 6.45) is 2.01. The van der Waals surface area contributed by atoms with Crippen LogP contribution in [0, 0.1) is 0 Å². The molecule has 1 heterocycles. The SMILES string of the molecule is CSCc1ccc(NC(=O)c2sccc2OC(F)F)cc1. The predicted molar refractivity (Wildman–Crippen MR) is 82.6 cm³/mol. The van der Waals surface area contributed by atoms with Gasteiger partial charge in [0.25, 0.3) is 5.91 Å². The van der Waals surface area contributed by atoms with E-state index in [1.54, 1.807) is 23.9 Å². The monoisotopic (exact) mass is 329 g/mol. The molecule has 0 aliphatic carbocycles. The Morgan fingerprint density at radius 2 is 2.05 bits per heavy atom. The van der Waals surface area contributed by atoms with E-state index in [-0.39, 0.29) is 10.6 Å². The van der Waals surface area contributed by atoms with Crippen molar-refractivity contribution in [2.75, 3.05) is 11.6 Å². The van der Waals surface area contributed by atoms with E-state index in [0.29, 0.717) is 5.69 Å². The molecule has 0 saturated carbocycles. The molecule has 1 aromatic heterocycles. The highest BCUT2D eigenvalue weighted by molar-refractivity contribution is 7.97. The second-order valence-corrected chi connectivity index (χ2v) is 5.86. The minimum atomic E-state index is -2.95. The summed E-state index contributed by atoms with van der Waals surface area (Å²) in [6.45, 7) is -2.95. The van der Waals surface area contributed by atoms with Gasteiger partial charge in [-0.15, -0.1) is 11.3 Å². The lowest BCUT2D eigenvalue weighted by atomic mass is 10.2. The Morgan fingerprint density at radius 3 is 2.67 bits per heavy atom. The zero-order valence-electron chi connectivity index (χ0n) is 11.1. The second-order valence-electron chi connectivity index (χ2n) is 4.08. The molecule has 3 nitrogen and oxygen atoms in total. The Morgan fingerprint density at radius 1 is 1.33 bits per heavy atom. The van der Waals surface area contributed by atoms with Crippen molar-refractivity contribution in [3.05, 3.63) is 46.2 Å². The van der Waals surface area contributed by atoms with E-state index in [1.165, 1.54) is 11.4 Å². The maximum absolute atomic E-state index is 12.2. The molecule has 1 N–H and O–H groups in total. The number of alkyl halides is 2. The summed E-state index contributed by atoms with van der Waals surface area (Å²) >= 11 is 2.76. The Kier molecular flexibility index (Phi) is 5.58. The standard InChI is InChI=1S/C14H13F2NO2S2/c1-20-8-9-2-4-10(5-3-9)17-13(18)12-11(6-7-21-12)19-14(15)16/h2-7,14H,8H2,1H3,(H,17,18). The zero-order chi connectivity index (χ0) is 15.2. The zero-order valence-corrected chi connectivity index (χ0v) is 12.8. The summed E-state index contributed by atoms with van der Waals surface area (Å²) in [5.41, 5.74) is 1.76. The highest BCUT2D eigenvalue weighted by atomic mass is 32.2. The number of carbonyl (C=O) groups excluding carboxylic acids is 1. The van der Waals surface area contributed by atoms with Crippen LogP contribution in [0.15, 0.2) is 35.7 Å². The maximum atomic E-state index is 12.2. The number of anilines is 1. The Hall–Kier alpha value is -1.60. The van der Waals surface area contributed by atoms with Crippen LogP contribution in [0.2, 0.25) is 0 Å². The Bertz CT molecular complexity index is 599. The summed E-state index contributed by atoms with van der Waals surface area (Å²) in [5.74, 6) is 0.329. The number of thiophene rings is 1. The predicted octanol–water partition coefficient (Wildman–Crippen LogP) is 4.46. The van der Waals surface area contributed by atoms with E-state index < -0.39 is 12.5 Å². The molecular formula is C14H13F2NO2S2. The molecular weight excluding hydrogens is 316 g/mol. The number of benzene rings is 1. The Balaban J connectivity index is 2.05. The molecule has 112 valence electrons. The first kappa shape index (κ1) is 15.8. The summed E-state index contributed by atoms with van der Waals surface area (Å²) < 4.78 is 28.8. The van der Waals surface area contributed by atoms with Crippen LogP contribution in [0.3, 0.4) is 0 Å². The van der Waals surface area contributed by atoms with Crippen molar-refractivity contribution < 1.29 is 18.3 Å². The van der Waals surface area contributed by atoms with Gasteiger partial charge in [0.2, 0.25) is 0 Å². The number of hydrogen-bond donors (Lipinski definition) is 1. The van der Waals surface area contributed by atoms with Gasteiger partial charge in [0.1, 0.15) is 10.6 Å². The van der Waals surface area contributed by atoms with E-state index in [1.807, 2.05) is 18.4 Å². The van der Waals surface area contributed by atoms with Gasteiger partial charge in [0, 0.05) is 11.4 Å². The molecule has 0 atom stereocenters. The van der Waals surface area contributed by atoms with Crippen LogP contribution < -0.4 is 10.1 Å². The van der Waals surface area contributed by atoms with Gasteiger partial charge >= 0.3 is 6.61 Å². The number of rotatable bonds is 6. The second kappa shape index (κ2) is 7.42. The first-order chi connectivity index (χ1) is 10.1. The highest BCUT2D eigenvalue weighted by Gasteiger charge is 2.17. The fourth-order valence-electron chi connectivity index (χ4n) is 1.69. The van der Waals surface area contributed by atoms with Crippen molar-refractivity contribution in [3.63, 3.8) is 0 Å². The van der Waals surface area contributed by atoms with Crippen molar-refractivity contribution >= 4 is 34.7 Å². The van der Waals surface area contributed by atoms with E-state index in [9.17, 15) is 13.6 Å². The minimum absolute atomic E-state index is 0.105. The van der Waals surface area contributed by atoms with E-state index >= 15 is 0 Å². The van der Waals surface area contributed by atoms with E-state index in [2.05, 4.69) is 10.1 Å². The highest BCUT2D eigenvalue weighted by Crippen LogP contribution is 2.27. The Labute approximate surface area is 129 Å². The molecule has 0 aliphatic heterocycles. The van der Waals surface area contributed by atoms with Crippen molar-refractivity contribution in [2.45, 2.75) is 12.4 Å². The third-order valence-corrected chi connectivity index (χ3v) is 4.09. The molecule has 1 amide bonds. The van der Waals surface area contributed by atoms with Crippen LogP contribution in [-0.2, 0) is 5.75 Å². The molecule has 0 bridgehead atoms. The van der Waals surface area contributed by atoms with Crippen LogP contribution in [0.4, 0.5) is 14.5 Å². The van der Waals surface area contributed by atoms with Gasteiger partial charge in [-0.05, 0) is 35.4 Å². The fraction of sp³-hybridized carbons (Fsp3) is 0.214. The van der Waals surface area contributed by atoms with Crippen LogP contribution in [-0.4, -0.2) is 18.8 Å². The number of ether oxygens (including phenoxy) is 1. The summed E-state index contributed by atoms with van der Waals surface area (Å²) in [4.78, 5) is 12.2. The van der Waals surface area contributed by atoms with Crippen molar-refractivity contribution in [2.24, 2.45) is 0 Å². The summed E-state index contributed by atoms with van der Waals surface area (Å²) in [6, 6.07) is 8.75. The van der Waals surface area contributed by atoms with E-state index in [0.717, 1.165) is 22.7 Å². The molecule has 2 rings (SSSR count). The lowest BCUT2D eigenvalue weighted by Crippen LogP contribution is -2.13. The van der Waals surface area contributed by atoms with Crippen molar-refractivity contribution in [1.82, 2.24) is 0 Å². The number of thioether (sulfide) groups is 1. The average molecular weight is 329 g/mol. The third kappa shape index (κ3) is 4.44. The number of nitrogens with one attached hydrogen (secondary N) is 1. The first-order valence-corrected chi connectivity index (χ1v) is 8.29. The van der Waals surface area contributed by atoms with Crippen LogP contribution in [0.5, 0.6) is 5.75 Å². The molecule has 0 unspecified atom stereocenters.